The molecular formula is C10H13F3O2. The van der Waals surface area contributed by atoms with Crippen LogP contribution in [0.3, 0.4) is 0 Å². The van der Waals surface area contributed by atoms with Gasteiger partial charge in [0.25, 0.3) is 0 Å². The van der Waals surface area contributed by atoms with Gasteiger partial charge < -0.3 is 4.74 Å². The maximum absolute atomic E-state index is 12.0. The molecule has 2 rings (SSSR count). The highest BCUT2D eigenvalue weighted by Gasteiger charge is 2.56. The number of fused-ring (bicyclic) bond motifs is 1. The Hall–Kier alpha value is -0.580. The van der Waals surface area contributed by atoms with E-state index in [0.717, 1.165) is 12.8 Å². The van der Waals surface area contributed by atoms with Crippen LogP contribution in [0.1, 0.15) is 32.1 Å². The zero-order valence-electron chi connectivity index (χ0n) is 8.27. The molecule has 0 spiro atoms. The minimum atomic E-state index is -4.30. The quantitative estimate of drug-likeness (QED) is 0.717. The molecule has 2 aliphatic rings. The molecule has 0 aromatic rings. The van der Waals surface area contributed by atoms with Crippen LogP contribution in [0.15, 0.2) is 0 Å². The average molecular weight is 222 g/mol. The molecule has 2 atom stereocenters. The lowest BCUT2D eigenvalue weighted by Gasteiger charge is -2.50. The number of alkyl halides is 3. The number of carbonyl (C=O) groups excluding carboxylic acids is 1. The number of ketones is 1. The molecule has 5 heteroatoms. The molecule has 15 heavy (non-hydrogen) atoms. The van der Waals surface area contributed by atoms with Gasteiger partial charge in [0.05, 0.1) is 5.60 Å². The number of rotatable bonds is 2. The monoisotopic (exact) mass is 222 g/mol. The van der Waals surface area contributed by atoms with E-state index in [0.29, 0.717) is 12.8 Å². The Bertz CT molecular complexity index is 274. The SMILES string of the molecule is O=C1CC2(OCC(F)(F)F)CCCCC12. The number of Topliss-reactive ketones (excluding diaryl/α,β-unsaturated/α-hetero) is 1. The van der Waals surface area contributed by atoms with Crippen molar-refractivity contribution in [1.82, 2.24) is 0 Å². The van der Waals surface area contributed by atoms with Gasteiger partial charge in [-0.3, -0.25) is 4.79 Å². The molecule has 2 aliphatic carbocycles. The van der Waals surface area contributed by atoms with Gasteiger partial charge in [-0.05, 0) is 12.8 Å². The standard InChI is InChI=1S/C10H13F3O2/c11-10(12,13)6-15-9-4-2-1-3-7(9)8(14)5-9/h7H,1-6H2. The fourth-order valence-corrected chi connectivity index (χ4v) is 2.61. The van der Waals surface area contributed by atoms with Crippen LogP contribution in [0.4, 0.5) is 13.2 Å². The van der Waals surface area contributed by atoms with E-state index in [1.165, 1.54) is 0 Å². The van der Waals surface area contributed by atoms with Crippen LogP contribution in [0, 0.1) is 5.92 Å². The van der Waals surface area contributed by atoms with Crippen molar-refractivity contribution in [3.8, 4) is 0 Å². The first-order chi connectivity index (χ1) is 6.93. The number of ether oxygens (including phenoxy) is 1. The number of hydrogen-bond acceptors (Lipinski definition) is 2. The molecule has 0 aromatic heterocycles. The fourth-order valence-electron chi connectivity index (χ4n) is 2.61. The Labute approximate surface area is 85.8 Å². The highest BCUT2D eigenvalue weighted by atomic mass is 19.4. The van der Waals surface area contributed by atoms with Crippen LogP contribution in [0.2, 0.25) is 0 Å². The lowest BCUT2D eigenvalue weighted by Crippen LogP contribution is -2.58. The number of carbonyl (C=O) groups is 1. The second-order valence-electron chi connectivity index (χ2n) is 4.41. The zero-order valence-corrected chi connectivity index (χ0v) is 8.27. The van der Waals surface area contributed by atoms with Crippen LogP contribution < -0.4 is 0 Å². The lowest BCUT2D eigenvalue weighted by molar-refractivity contribution is -0.237. The van der Waals surface area contributed by atoms with E-state index in [9.17, 15) is 18.0 Å². The molecule has 0 heterocycles. The highest BCUT2D eigenvalue weighted by Crippen LogP contribution is 2.49. The average Bonchev–Trinajstić information content (AvgIpc) is 2.12. The number of halogens is 3. The first-order valence-corrected chi connectivity index (χ1v) is 5.16. The van der Waals surface area contributed by atoms with E-state index in [4.69, 9.17) is 4.74 Å². The second-order valence-corrected chi connectivity index (χ2v) is 4.41. The molecule has 0 saturated heterocycles. The van der Waals surface area contributed by atoms with Gasteiger partial charge in [-0.1, -0.05) is 12.8 Å². The van der Waals surface area contributed by atoms with E-state index in [2.05, 4.69) is 0 Å². The van der Waals surface area contributed by atoms with Crippen molar-refractivity contribution in [2.24, 2.45) is 5.92 Å². The van der Waals surface area contributed by atoms with Crippen LogP contribution in [0.25, 0.3) is 0 Å². The molecule has 2 nitrogen and oxygen atoms in total. The second kappa shape index (κ2) is 3.47. The summed E-state index contributed by atoms with van der Waals surface area (Å²) in [5.74, 6) is -0.203. The summed E-state index contributed by atoms with van der Waals surface area (Å²) in [6.45, 7) is -1.23. The smallest absolute Gasteiger partial charge is 0.364 e. The van der Waals surface area contributed by atoms with Gasteiger partial charge >= 0.3 is 6.18 Å². The third-order valence-corrected chi connectivity index (χ3v) is 3.36. The summed E-state index contributed by atoms with van der Waals surface area (Å²) in [5.41, 5.74) is -0.773. The van der Waals surface area contributed by atoms with Crippen LogP contribution in [-0.4, -0.2) is 24.2 Å². The maximum atomic E-state index is 12.0. The fraction of sp³-hybridized carbons (Fsp3) is 0.900. The van der Waals surface area contributed by atoms with Crippen molar-refractivity contribution < 1.29 is 22.7 Å². The van der Waals surface area contributed by atoms with Gasteiger partial charge in [0, 0.05) is 12.3 Å². The molecule has 0 radical (unpaired) electrons. The normalized spacial score (nSPS) is 35.9. The Morgan fingerprint density at radius 3 is 2.73 bits per heavy atom. The van der Waals surface area contributed by atoms with E-state index in [1.54, 1.807) is 0 Å². The largest absolute Gasteiger partial charge is 0.411 e. The summed E-state index contributed by atoms with van der Waals surface area (Å²) >= 11 is 0. The van der Waals surface area contributed by atoms with Crippen molar-refractivity contribution in [2.75, 3.05) is 6.61 Å². The topological polar surface area (TPSA) is 26.3 Å². The minimum absolute atomic E-state index is 0.0666. The van der Waals surface area contributed by atoms with E-state index < -0.39 is 18.4 Å². The summed E-state index contributed by atoms with van der Waals surface area (Å²) in [5, 5.41) is 0. The van der Waals surface area contributed by atoms with Crippen molar-refractivity contribution in [3.63, 3.8) is 0 Å². The van der Waals surface area contributed by atoms with Gasteiger partial charge in [0.2, 0.25) is 0 Å². The van der Waals surface area contributed by atoms with Gasteiger partial charge in [0.1, 0.15) is 12.4 Å². The van der Waals surface area contributed by atoms with Crippen molar-refractivity contribution >= 4 is 5.78 Å². The van der Waals surface area contributed by atoms with Gasteiger partial charge in [-0.15, -0.1) is 0 Å². The molecule has 0 bridgehead atoms. The third kappa shape index (κ3) is 2.02. The van der Waals surface area contributed by atoms with E-state index >= 15 is 0 Å². The Morgan fingerprint density at radius 2 is 2.13 bits per heavy atom. The molecule has 0 N–H and O–H groups in total. The summed E-state index contributed by atoms with van der Waals surface area (Å²) in [6.07, 6.45) is -1.05. The first kappa shape index (κ1) is 10.9. The molecule has 86 valence electrons. The van der Waals surface area contributed by atoms with Gasteiger partial charge in [-0.2, -0.15) is 13.2 Å². The van der Waals surface area contributed by atoms with E-state index in [1.807, 2.05) is 0 Å². The summed E-state index contributed by atoms with van der Waals surface area (Å²) < 4.78 is 41.0. The van der Waals surface area contributed by atoms with Gasteiger partial charge in [-0.25, -0.2) is 0 Å². The number of hydrogen-bond donors (Lipinski definition) is 0. The van der Waals surface area contributed by atoms with Crippen LogP contribution >= 0.6 is 0 Å². The molecule has 0 aromatic carbocycles. The molecule has 2 unspecified atom stereocenters. The molecule has 2 fully saturated rings. The Balaban J connectivity index is 1.97. The summed E-state index contributed by atoms with van der Waals surface area (Å²) in [6, 6.07) is 0. The first-order valence-electron chi connectivity index (χ1n) is 5.16. The van der Waals surface area contributed by atoms with Crippen LogP contribution in [-0.2, 0) is 9.53 Å². The molecular weight excluding hydrogens is 209 g/mol. The minimum Gasteiger partial charge on any atom is -0.364 e. The van der Waals surface area contributed by atoms with Crippen LogP contribution in [0.5, 0.6) is 0 Å². The zero-order chi connectivity index (χ0) is 11.1. The molecule has 0 amide bonds. The molecule has 0 aliphatic heterocycles. The van der Waals surface area contributed by atoms with Crippen molar-refractivity contribution in [1.29, 1.82) is 0 Å². The Morgan fingerprint density at radius 1 is 1.40 bits per heavy atom. The summed E-state index contributed by atoms with van der Waals surface area (Å²) in [4.78, 5) is 11.2. The maximum Gasteiger partial charge on any atom is 0.411 e. The molecule has 2 saturated carbocycles. The highest BCUT2D eigenvalue weighted by molar-refractivity contribution is 5.90. The van der Waals surface area contributed by atoms with Gasteiger partial charge in [0.15, 0.2) is 0 Å². The summed E-state index contributed by atoms with van der Waals surface area (Å²) in [7, 11) is 0. The van der Waals surface area contributed by atoms with E-state index in [-0.39, 0.29) is 18.1 Å². The van der Waals surface area contributed by atoms with Crippen molar-refractivity contribution in [3.05, 3.63) is 0 Å². The third-order valence-electron chi connectivity index (χ3n) is 3.36. The predicted molar refractivity (Wildman–Crippen MR) is 46.3 cm³/mol. The predicted octanol–water partition coefficient (Wildman–Crippen LogP) is 2.47. The lowest BCUT2D eigenvalue weighted by atomic mass is 9.60. The Kier molecular flexibility index (Phi) is 2.53. The van der Waals surface area contributed by atoms with Crippen molar-refractivity contribution in [2.45, 2.75) is 43.9 Å².